The highest BCUT2D eigenvalue weighted by Crippen LogP contribution is 2.34. The van der Waals surface area contributed by atoms with E-state index in [1.165, 1.54) is 0 Å². The van der Waals surface area contributed by atoms with Gasteiger partial charge < -0.3 is 14.8 Å². The van der Waals surface area contributed by atoms with Crippen molar-refractivity contribution in [2.75, 3.05) is 0 Å². The van der Waals surface area contributed by atoms with Gasteiger partial charge in [0.1, 0.15) is 0 Å². The van der Waals surface area contributed by atoms with Crippen LogP contribution in [0.25, 0.3) is 0 Å². The van der Waals surface area contributed by atoms with Gasteiger partial charge in [0.25, 0.3) is 0 Å². The van der Waals surface area contributed by atoms with E-state index in [-0.39, 0.29) is 6.10 Å². The third-order valence-corrected chi connectivity index (χ3v) is 2.48. The molecule has 2 rings (SSSR count). The van der Waals surface area contributed by atoms with Crippen LogP contribution < -0.4 is 0 Å². The molecule has 0 fully saturated rings. The van der Waals surface area contributed by atoms with E-state index in [1.807, 2.05) is 24.3 Å². The summed E-state index contributed by atoms with van der Waals surface area (Å²) in [6, 6.07) is 7.76. The molecule has 0 bridgehead atoms. The van der Waals surface area contributed by atoms with E-state index in [9.17, 15) is 5.11 Å². The summed E-state index contributed by atoms with van der Waals surface area (Å²) in [4.78, 5) is 0. The van der Waals surface area contributed by atoms with Crippen LogP contribution in [0.2, 0.25) is 6.82 Å². The van der Waals surface area contributed by atoms with E-state index in [2.05, 4.69) is 0 Å². The number of fused-ring (bicyclic) bond motifs is 1. The normalized spacial score (nSPS) is 24.8. The van der Waals surface area contributed by atoms with Crippen LogP contribution in [0.3, 0.4) is 0 Å². The highest BCUT2D eigenvalue weighted by atomic mass is 16.5. The molecule has 2 N–H and O–H groups in total. The SMILES string of the molecule is CB(O)O[C@H]1c2ccccc2C[C@H]1O. The van der Waals surface area contributed by atoms with E-state index < -0.39 is 13.2 Å². The maximum Gasteiger partial charge on any atom is 0.451 e. The quantitative estimate of drug-likeness (QED) is 0.680. The van der Waals surface area contributed by atoms with Gasteiger partial charge in [-0.05, 0) is 17.9 Å². The Balaban J connectivity index is 2.25. The van der Waals surface area contributed by atoms with Crippen molar-refractivity contribution in [1.82, 2.24) is 0 Å². The molecule has 0 unspecified atom stereocenters. The number of benzene rings is 1. The zero-order valence-corrected chi connectivity index (χ0v) is 8.05. The van der Waals surface area contributed by atoms with Crippen LogP contribution in [0.1, 0.15) is 17.2 Å². The van der Waals surface area contributed by atoms with Gasteiger partial charge in [-0.2, -0.15) is 0 Å². The lowest BCUT2D eigenvalue weighted by Crippen LogP contribution is -2.23. The second kappa shape index (κ2) is 3.73. The molecule has 1 aliphatic rings. The van der Waals surface area contributed by atoms with Crippen molar-refractivity contribution in [2.24, 2.45) is 0 Å². The van der Waals surface area contributed by atoms with E-state index >= 15 is 0 Å². The summed E-state index contributed by atoms with van der Waals surface area (Å²) in [5, 5.41) is 18.8. The van der Waals surface area contributed by atoms with Crippen molar-refractivity contribution in [3.63, 3.8) is 0 Å². The molecule has 0 saturated carbocycles. The molecule has 4 heteroatoms. The summed E-state index contributed by atoms with van der Waals surface area (Å²) in [7, 11) is -0.846. The summed E-state index contributed by atoms with van der Waals surface area (Å²) in [5.41, 5.74) is 2.09. The lowest BCUT2D eigenvalue weighted by atomic mass is 9.95. The van der Waals surface area contributed by atoms with E-state index in [0.29, 0.717) is 6.42 Å². The molecule has 0 saturated heterocycles. The molecule has 0 amide bonds. The molecule has 14 heavy (non-hydrogen) atoms. The van der Waals surface area contributed by atoms with Crippen LogP contribution in [0.15, 0.2) is 24.3 Å². The Morgan fingerprint density at radius 2 is 2.14 bits per heavy atom. The second-order valence-corrected chi connectivity index (χ2v) is 3.63. The third-order valence-electron chi connectivity index (χ3n) is 2.48. The fourth-order valence-electron chi connectivity index (χ4n) is 1.91. The Labute approximate surface area is 83.5 Å². The highest BCUT2D eigenvalue weighted by Gasteiger charge is 2.32. The predicted molar refractivity (Wildman–Crippen MR) is 53.8 cm³/mol. The molecule has 2 atom stereocenters. The molecular formula is C10H13BO3. The first-order valence-corrected chi connectivity index (χ1v) is 4.78. The molecule has 74 valence electrons. The molecule has 0 radical (unpaired) electrons. The third kappa shape index (κ3) is 1.69. The van der Waals surface area contributed by atoms with Crippen molar-refractivity contribution in [3.05, 3.63) is 35.4 Å². The average Bonchev–Trinajstić information content (AvgIpc) is 2.43. The van der Waals surface area contributed by atoms with Gasteiger partial charge in [-0.3, -0.25) is 0 Å². The van der Waals surface area contributed by atoms with Gasteiger partial charge in [0.2, 0.25) is 0 Å². The number of hydrogen-bond acceptors (Lipinski definition) is 3. The van der Waals surface area contributed by atoms with Crippen molar-refractivity contribution in [1.29, 1.82) is 0 Å². The molecule has 1 aromatic rings. The van der Waals surface area contributed by atoms with Crippen molar-refractivity contribution >= 4 is 7.12 Å². The minimum atomic E-state index is -0.846. The van der Waals surface area contributed by atoms with Gasteiger partial charge in [-0.25, -0.2) is 0 Å². The fourth-order valence-corrected chi connectivity index (χ4v) is 1.91. The van der Waals surface area contributed by atoms with Crippen LogP contribution >= 0.6 is 0 Å². The van der Waals surface area contributed by atoms with Gasteiger partial charge in [0.05, 0.1) is 12.2 Å². The Bertz CT molecular complexity index is 327. The zero-order valence-electron chi connectivity index (χ0n) is 8.05. The monoisotopic (exact) mass is 192 g/mol. The maximum atomic E-state index is 9.72. The molecule has 0 aliphatic heterocycles. The van der Waals surface area contributed by atoms with Gasteiger partial charge in [0, 0.05) is 6.42 Å². The molecule has 1 aliphatic carbocycles. The number of rotatable bonds is 2. The molecule has 0 spiro atoms. The van der Waals surface area contributed by atoms with Crippen molar-refractivity contribution in [2.45, 2.75) is 25.5 Å². The Morgan fingerprint density at radius 1 is 1.43 bits per heavy atom. The van der Waals surface area contributed by atoms with Crippen LogP contribution in [0.4, 0.5) is 0 Å². The fraction of sp³-hybridized carbons (Fsp3) is 0.400. The van der Waals surface area contributed by atoms with Crippen LogP contribution in [-0.4, -0.2) is 23.4 Å². The predicted octanol–water partition coefficient (Wildman–Crippen LogP) is 0.772. The molecule has 1 aromatic carbocycles. The first kappa shape index (κ1) is 9.71. The van der Waals surface area contributed by atoms with Gasteiger partial charge >= 0.3 is 7.12 Å². The summed E-state index contributed by atoms with van der Waals surface area (Å²) in [6.45, 7) is 1.55. The standard InChI is InChI=1S/C10H13BO3/c1-11(13)14-10-8-5-3-2-4-7(8)6-9(10)12/h2-5,9-10,12-13H,6H2,1H3/t9-,10+/m1/s1. The molecule has 0 aromatic heterocycles. The van der Waals surface area contributed by atoms with Gasteiger partial charge in [0.15, 0.2) is 0 Å². The van der Waals surface area contributed by atoms with Crippen molar-refractivity contribution in [3.8, 4) is 0 Å². The average molecular weight is 192 g/mol. The van der Waals surface area contributed by atoms with E-state index in [1.54, 1.807) is 6.82 Å². The zero-order chi connectivity index (χ0) is 10.1. The summed E-state index contributed by atoms with van der Waals surface area (Å²) < 4.78 is 5.26. The molecule has 3 nitrogen and oxygen atoms in total. The Kier molecular flexibility index (Phi) is 2.59. The number of hydrogen-bond donors (Lipinski definition) is 2. The molecular weight excluding hydrogens is 179 g/mol. The Hall–Kier alpha value is -0.835. The lowest BCUT2D eigenvalue weighted by molar-refractivity contribution is 0.0372. The minimum absolute atomic E-state index is 0.383. The van der Waals surface area contributed by atoms with Gasteiger partial charge in [-0.15, -0.1) is 0 Å². The smallest absolute Gasteiger partial charge is 0.427 e. The first-order valence-electron chi connectivity index (χ1n) is 4.78. The Morgan fingerprint density at radius 3 is 2.86 bits per heavy atom. The van der Waals surface area contributed by atoms with Crippen LogP contribution in [-0.2, 0) is 11.1 Å². The van der Waals surface area contributed by atoms with E-state index in [0.717, 1.165) is 11.1 Å². The summed E-state index contributed by atoms with van der Waals surface area (Å²) in [5.74, 6) is 0. The largest absolute Gasteiger partial charge is 0.451 e. The van der Waals surface area contributed by atoms with E-state index in [4.69, 9.17) is 9.68 Å². The second-order valence-electron chi connectivity index (χ2n) is 3.63. The minimum Gasteiger partial charge on any atom is -0.427 e. The van der Waals surface area contributed by atoms with Crippen LogP contribution in [0, 0.1) is 0 Å². The maximum absolute atomic E-state index is 9.72. The molecule has 0 heterocycles. The highest BCUT2D eigenvalue weighted by molar-refractivity contribution is 6.40. The number of aliphatic hydroxyl groups excluding tert-OH is 1. The van der Waals surface area contributed by atoms with Crippen LogP contribution in [0.5, 0.6) is 0 Å². The lowest BCUT2D eigenvalue weighted by Gasteiger charge is -2.17. The van der Waals surface area contributed by atoms with Gasteiger partial charge in [-0.1, -0.05) is 24.3 Å². The van der Waals surface area contributed by atoms with Crippen molar-refractivity contribution < 1.29 is 14.8 Å². The summed E-state index contributed by atoms with van der Waals surface area (Å²) >= 11 is 0. The first-order chi connectivity index (χ1) is 6.68. The summed E-state index contributed by atoms with van der Waals surface area (Å²) in [6.07, 6.45) is -0.318. The topological polar surface area (TPSA) is 49.7 Å². The number of aliphatic hydroxyl groups is 1.